The van der Waals surface area contributed by atoms with E-state index >= 15 is 0 Å². The van der Waals surface area contributed by atoms with Crippen molar-refractivity contribution in [2.75, 3.05) is 26.7 Å². The van der Waals surface area contributed by atoms with Crippen molar-refractivity contribution >= 4 is 5.91 Å². The number of amides is 1. The first-order valence-corrected chi connectivity index (χ1v) is 8.11. The number of aromatic nitrogens is 2. The molecule has 2 aromatic heterocycles. The van der Waals surface area contributed by atoms with E-state index in [2.05, 4.69) is 25.3 Å². The zero-order chi connectivity index (χ0) is 16.9. The van der Waals surface area contributed by atoms with E-state index in [9.17, 15) is 4.79 Å². The zero-order valence-electron chi connectivity index (χ0n) is 14.1. The van der Waals surface area contributed by atoms with Crippen LogP contribution in [-0.4, -0.2) is 58.6 Å². The van der Waals surface area contributed by atoms with Crippen LogP contribution >= 0.6 is 0 Å². The van der Waals surface area contributed by atoms with E-state index < -0.39 is 0 Å². The van der Waals surface area contributed by atoms with E-state index in [4.69, 9.17) is 8.83 Å². The highest BCUT2D eigenvalue weighted by Crippen LogP contribution is 2.16. The monoisotopic (exact) mass is 333 g/mol. The summed E-state index contributed by atoms with van der Waals surface area (Å²) in [7, 11) is 2.05. The molecule has 0 aliphatic carbocycles. The molecule has 24 heavy (non-hydrogen) atoms. The highest BCUT2D eigenvalue weighted by molar-refractivity contribution is 5.77. The van der Waals surface area contributed by atoms with E-state index in [1.165, 1.54) is 0 Å². The van der Waals surface area contributed by atoms with Crippen molar-refractivity contribution in [1.82, 2.24) is 25.3 Å². The molecule has 0 unspecified atom stereocenters. The van der Waals surface area contributed by atoms with Crippen LogP contribution in [0.1, 0.15) is 24.0 Å². The van der Waals surface area contributed by atoms with Crippen LogP contribution in [0.15, 0.2) is 27.2 Å². The van der Waals surface area contributed by atoms with Crippen LogP contribution in [0.25, 0.3) is 0 Å². The van der Waals surface area contributed by atoms with E-state index in [1.807, 2.05) is 19.2 Å². The SMILES string of the molecule is Cc1nnc(CN(C)[C@@H]2CCN(CC(=O)NCc3ccco3)C2)o1. The Kier molecular flexibility index (Phi) is 5.27. The maximum atomic E-state index is 12.0. The quantitative estimate of drug-likeness (QED) is 0.801. The third-order valence-corrected chi connectivity index (χ3v) is 4.23. The molecule has 3 rings (SSSR count). The predicted octanol–water partition coefficient (Wildman–Crippen LogP) is 0.794. The lowest BCUT2D eigenvalue weighted by Crippen LogP contribution is -2.38. The van der Waals surface area contributed by atoms with Gasteiger partial charge in [0.2, 0.25) is 17.7 Å². The molecule has 0 aromatic carbocycles. The maximum absolute atomic E-state index is 12.0. The Bertz CT molecular complexity index is 654. The summed E-state index contributed by atoms with van der Waals surface area (Å²) in [6, 6.07) is 4.04. The van der Waals surface area contributed by atoms with Crippen molar-refractivity contribution in [3.63, 3.8) is 0 Å². The number of aryl methyl sites for hydroxylation is 1. The first-order valence-electron chi connectivity index (χ1n) is 8.11. The zero-order valence-corrected chi connectivity index (χ0v) is 14.1. The van der Waals surface area contributed by atoms with Gasteiger partial charge in [-0.15, -0.1) is 10.2 Å². The Hall–Kier alpha value is -2.19. The van der Waals surface area contributed by atoms with E-state index in [-0.39, 0.29) is 5.91 Å². The normalized spacial score (nSPS) is 18.4. The standard InChI is InChI=1S/C16H23N5O3/c1-12-18-19-16(24-12)11-20(2)13-5-6-21(9-13)10-15(22)17-8-14-4-3-7-23-14/h3-4,7,13H,5-6,8-11H2,1-2H3,(H,17,22)/t13-/m1/s1. The molecule has 8 nitrogen and oxygen atoms in total. The first-order chi connectivity index (χ1) is 11.6. The average molecular weight is 333 g/mol. The maximum Gasteiger partial charge on any atom is 0.234 e. The summed E-state index contributed by atoms with van der Waals surface area (Å²) in [5.74, 6) is 1.99. The van der Waals surface area contributed by atoms with Crippen LogP contribution in [0, 0.1) is 6.92 Å². The molecular weight excluding hydrogens is 310 g/mol. The number of carbonyl (C=O) groups is 1. The summed E-state index contributed by atoms with van der Waals surface area (Å²) >= 11 is 0. The van der Waals surface area contributed by atoms with Crippen molar-refractivity contribution in [3.05, 3.63) is 35.9 Å². The minimum Gasteiger partial charge on any atom is -0.467 e. The molecule has 1 atom stereocenters. The summed E-state index contributed by atoms with van der Waals surface area (Å²) in [6.07, 6.45) is 2.63. The molecule has 0 spiro atoms. The highest BCUT2D eigenvalue weighted by Gasteiger charge is 2.27. The van der Waals surface area contributed by atoms with Crippen molar-refractivity contribution in [2.24, 2.45) is 0 Å². The first kappa shape index (κ1) is 16.7. The third kappa shape index (κ3) is 4.42. The Morgan fingerprint density at radius 1 is 1.50 bits per heavy atom. The van der Waals surface area contributed by atoms with Crippen LogP contribution in [0.2, 0.25) is 0 Å². The molecule has 130 valence electrons. The molecule has 3 heterocycles. The van der Waals surface area contributed by atoms with Gasteiger partial charge in [0.15, 0.2) is 0 Å². The van der Waals surface area contributed by atoms with Crippen molar-refractivity contribution < 1.29 is 13.6 Å². The van der Waals surface area contributed by atoms with Crippen LogP contribution in [-0.2, 0) is 17.9 Å². The smallest absolute Gasteiger partial charge is 0.234 e. The second-order valence-electron chi connectivity index (χ2n) is 6.16. The molecule has 1 amide bonds. The largest absolute Gasteiger partial charge is 0.467 e. The number of furan rings is 1. The minimum absolute atomic E-state index is 0.0160. The molecular formula is C16H23N5O3. The third-order valence-electron chi connectivity index (χ3n) is 4.23. The van der Waals surface area contributed by atoms with Crippen LogP contribution < -0.4 is 5.32 Å². The second-order valence-corrected chi connectivity index (χ2v) is 6.16. The molecule has 8 heteroatoms. The van der Waals surface area contributed by atoms with Crippen LogP contribution in [0.4, 0.5) is 0 Å². The van der Waals surface area contributed by atoms with Gasteiger partial charge in [0.25, 0.3) is 0 Å². The lowest BCUT2D eigenvalue weighted by molar-refractivity contribution is -0.122. The molecule has 1 aliphatic rings. The predicted molar refractivity (Wildman–Crippen MR) is 85.9 cm³/mol. The second kappa shape index (κ2) is 7.59. The number of rotatable bonds is 7. The topological polar surface area (TPSA) is 87.6 Å². The van der Waals surface area contributed by atoms with Crippen molar-refractivity contribution in [2.45, 2.75) is 32.5 Å². The number of likely N-dealkylation sites (tertiary alicyclic amines) is 1. The molecule has 2 aromatic rings. The van der Waals surface area contributed by atoms with Gasteiger partial charge in [-0.25, -0.2) is 0 Å². The lowest BCUT2D eigenvalue weighted by Gasteiger charge is -2.23. The number of nitrogens with zero attached hydrogens (tertiary/aromatic N) is 4. The fourth-order valence-electron chi connectivity index (χ4n) is 2.92. The number of likely N-dealkylation sites (N-methyl/N-ethyl adjacent to an activating group) is 1. The molecule has 0 radical (unpaired) electrons. The summed E-state index contributed by atoms with van der Waals surface area (Å²) < 4.78 is 10.6. The van der Waals surface area contributed by atoms with Gasteiger partial charge in [-0.3, -0.25) is 14.6 Å². The van der Waals surface area contributed by atoms with E-state index in [0.717, 1.165) is 25.3 Å². The highest BCUT2D eigenvalue weighted by atomic mass is 16.4. The van der Waals surface area contributed by atoms with Gasteiger partial charge < -0.3 is 14.2 Å². The average Bonchev–Trinajstić information content (AvgIpc) is 3.27. The Morgan fingerprint density at radius 2 is 2.38 bits per heavy atom. The molecule has 1 fully saturated rings. The minimum atomic E-state index is 0.0160. The molecule has 1 N–H and O–H groups in total. The fraction of sp³-hybridized carbons (Fsp3) is 0.562. The molecule has 0 bridgehead atoms. The summed E-state index contributed by atoms with van der Waals surface area (Å²) in [5.41, 5.74) is 0. The number of hydrogen-bond donors (Lipinski definition) is 1. The lowest BCUT2D eigenvalue weighted by atomic mass is 10.2. The van der Waals surface area contributed by atoms with Gasteiger partial charge in [-0.1, -0.05) is 0 Å². The van der Waals surface area contributed by atoms with Crippen LogP contribution in [0.5, 0.6) is 0 Å². The molecule has 1 saturated heterocycles. The number of hydrogen-bond acceptors (Lipinski definition) is 7. The Balaban J connectivity index is 1.40. The van der Waals surface area contributed by atoms with Gasteiger partial charge in [-0.2, -0.15) is 0 Å². The molecule has 0 saturated carbocycles. The van der Waals surface area contributed by atoms with Gasteiger partial charge in [0, 0.05) is 26.1 Å². The van der Waals surface area contributed by atoms with E-state index in [1.54, 1.807) is 13.2 Å². The van der Waals surface area contributed by atoms with Gasteiger partial charge in [0.1, 0.15) is 5.76 Å². The van der Waals surface area contributed by atoms with Crippen molar-refractivity contribution in [3.8, 4) is 0 Å². The fourth-order valence-corrected chi connectivity index (χ4v) is 2.92. The molecule has 1 aliphatic heterocycles. The number of nitrogens with one attached hydrogen (secondary N) is 1. The van der Waals surface area contributed by atoms with Crippen LogP contribution in [0.3, 0.4) is 0 Å². The van der Waals surface area contributed by atoms with Crippen molar-refractivity contribution in [1.29, 1.82) is 0 Å². The van der Waals surface area contributed by atoms with E-state index in [0.29, 0.717) is 37.5 Å². The van der Waals surface area contributed by atoms with Gasteiger partial charge >= 0.3 is 0 Å². The summed E-state index contributed by atoms with van der Waals surface area (Å²) in [5, 5.41) is 10.8. The summed E-state index contributed by atoms with van der Waals surface area (Å²) in [6.45, 7) is 5.02. The Morgan fingerprint density at radius 3 is 3.08 bits per heavy atom. The van der Waals surface area contributed by atoms with Gasteiger partial charge in [-0.05, 0) is 25.6 Å². The summed E-state index contributed by atoms with van der Waals surface area (Å²) in [4.78, 5) is 16.4. The van der Waals surface area contributed by atoms with Gasteiger partial charge in [0.05, 0.1) is 25.9 Å². The number of carbonyl (C=O) groups excluding carboxylic acids is 1. The Labute approximate surface area is 140 Å².